The number of carbonyl (C=O) groups is 3. The fourth-order valence-corrected chi connectivity index (χ4v) is 5.41. The first kappa shape index (κ1) is 32.2. The van der Waals surface area contributed by atoms with Crippen LogP contribution in [0.5, 0.6) is 0 Å². The molecule has 2 fully saturated rings. The molecule has 2 aliphatic rings. The van der Waals surface area contributed by atoms with E-state index in [2.05, 4.69) is 30.1 Å². The van der Waals surface area contributed by atoms with Gasteiger partial charge in [0.1, 0.15) is 12.0 Å². The molecule has 41 heavy (non-hydrogen) atoms. The molecule has 224 valence electrons. The number of nitrogens with zero attached hydrogens (tertiary/aromatic N) is 4. The summed E-state index contributed by atoms with van der Waals surface area (Å²) in [5, 5.41) is 31.8. The van der Waals surface area contributed by atoms with Gasteiger partial charge < -0.3 is 34.6 Å². The normalized spacial score (nSPS) is 19.5. The van der Waals surface area contributed by atoms with Crippen LogP contribution in [-0.2, 0) is 20.7 Å². The highest BCUT2D eigenvalue weighted by Crippen LogP contribution is 2.26. The number of alkyl carbamates (subject to hydrolysis) is 1. The van der Waals surface area contributed by atoms with E-state index in [-0.39, 0.29) is 30.5 Å². The van der Waals surface area contributed by atoms with Gasteiger partial charge in [0.05, 0.1) is 25.7 Å². The number of piperidine rings is 1. The molecule has 3 amide bonds. The van der Waals surface area contributed by atoms with Crippen LogP contribution in [0.4, 0.5) is 9.59 Å². The highest BCUT2D eigenvalue weighted by atomic mass is 16.6. The van der Waals surface area contributed by atoms with Crippen LogP contribution in [0.3, 0.4) is 0 Å². The number of ether oxygens (including phenoxy) is 2. The van der Waals surface area contributed by atoms with Crippen LogP contribution >= 0.6 is 0 Å². The number of nitriles is 1. The number of hydrogen-bond donors (Lipinski definition) is 3. The first-order valence-corrected chi connectivity index (χ1v) is 14.2. The maximum absolute atomic E-state index is 13.3. The average Bonchev–Trinajstić information content (AvgIpc) is 2.97. The zero-order chi connectivity index (χ0) is 30.0. The monoisotopic (exact) mass is 571 g/mol. The summed E-state index contributed by atoms with van der Waals surface area (Å²) in [6, 6.07) is 11.3. The Kier molecular flexibility index (Phi) is 11.8. The van der Waals surface area contributed by atoms with Crippen LogP contribution in [0.2, 0.25) is 0 Å². The Morgan fingerprint density at radius 2 is 1.80 bits per heavy atom. The number of hydrogen-bond acceptors (Lipinski definition) is 9. The summed E-state index contributed by atoms with van der Waals surface area (Å²) in [6.07, 6.45) is 0.709. The van der Waals surface area contributed by atoms with E-state index in [1.54, 1.807) is 9.80 Å². The molecular weight excluding hydrogens is 529 g/mol. The summed E-state index contributed by atoms with van der Waals surface area (Å²) in [5.41, 5.74) is 0.561. The Bertz CT molecular complexity index is 1060. The molecule has 1 aromatic carbocycles. The minimum atomic E-state index is -1.77. The summed E-state index contributed by atoms with van der Waals surface area (Å²) in [5.74, 6) is -2.06. The number of methoxy groups -OCH3 is 1. The van der Waals surface area contributed by atoms with Crippen LogP contribution < -0.4 is 5.32 Å². The number of nitrogens with one attached hydrogen (secondary N) is 1. The van der Waals surface area contributed by atoms with Crippen molar-refractivity contribution in [2.24, 2.45) is 5.92 Å². The molecule has 2 saturated heterocycles. The lowest BCUT2D eigenvalue weighted by Gasteiger charge is -2.44. The Hall–Kier alpha value is -3.34. The third-order valence-corrected chi connectivity index (χ3v) is 7.99. The lowest BCUT2D eigenvalue weighted by molar-refractivity contribution is -0.137. The molecule has 1 aromatic rings. The van der Waals surface area contributed by atoms with Gasteiger partial charge in [0.2, 0.25) is 5.91 Å². The smallest absolute Gasteiger partial charge is 0.453 e. The molecule has 0 spiro atoms. The summed E-state index contributed by atoms with van der Waals surface area (Å²) >= 11 is 0. The highest BCUT2D eigenvalue weighted by Gasteiger charge is 2.35. The van der Waals surface area contributed by atoms with Crippen molar-refractivity contribution in [2.45, 2.75) is 63.5 Å². The van der Waals surface area contributed by atoms with Gasteiger partial charge in [-0.2, -0.15) is 5.26 Å². The van der Waals surface area contributed by atoms with Gasteiger partial charge in [0.25, 0.3) is 0 Å². The number of carbonyl (C=O) groups excluding carboxylic acids is 3. The molecule has 2 aliphatic heterocycles. The van der Waals surface area contributed by atoms with Crippen LogP contribution in [0.1, 0.15) is 45.1 Å². The van der Waals surface area contributed by atoms with E-state index in [0.29, 0.717) is 58.4 Å². The lowest BCUT2D eigenvalue weighted by atomic mass is 9.76. The molecule has 0 saturated carbocycles. The van der Waals surface area contributed by atoms with Gasteiger partial charge in [0, 0.05) is 38.3 Å². The quantitative estimate of drug-likeness (QED) is 0.354. The first-order valence-electron chi connectivity index (χ1n) is 14.2. The molecule has 0 radical (unpaired) electrons. The number of benzene rings is 1. The average molecular weight is 571 g/mol. The van der Waals surface area contributed by atoms with E-state index >= 15 is 0 Å². The molecule has 3 atom stereocenters. The molecule has 0 aliphatic carbocycles. The minimum absolute atomic E-state index is 0.175. The van der Waals surface area contributed by atoms with E-state index < -0.39 is 31.2 Å². The fourth-order valence-electron chi connectivity index (χ4n) is 5.41. The van der Waals surface area contributed by atoms with Crippen molar-refractivity contribution in [3.63, 3.8) is 0 Å². The van der Waals surface area contributed by atoms with Gasteiger partial charge in [-0.3, -0.25) is 9.69 Å². The van der Waals surface area contributed by atoms with E-state index in [1.165, 1.54) is 7.11 Å². The summed E-state index contributed by atoms with van der Waals surface area (Å²) in [4.78, 5) is 43.2. The zero-order valence-electron chi connectivity index (χ0n) is 24.2. The number of rotatable bonds is 10. The molecular formula is C28H42BN5O7. The summed E-state index contributed by atoms with van der Waals surface area (Å²) in [7, 11) is -0.404. The van der Waals surface area contributed by atoms with E-state index in [4.69, 9.17) is 9.47 Å². The molecule has 0 aromatic heterocycles. The Labute approximate surface area is 242 Å². The van der Waals surface area contributed by atoms with Crippen molar-refractivity contribution in [1.82, 2.24) is 20.0 Å². The van der Waals surface area contributed by atoms with Gasteiger partial charge in [-0.05, 0) is 51.5 Å². The summed E-state index contributed by atoms with van der Waals surface area (Å²) < 4.78 is 10.3. The van der Waals surface area contributed by atoms with Gasteiger partial charge in [-0.1, -0.05) is 30.3 Å². The Morgan fingerprint density at radius 1 is 1.12 bits per heavy atom. The molecule has 1 unspecified atom stereocenters. The van der Waals surface area contributed by atoms with Crippen LogP contribution in [0.25, 0.3) is 0 Å². The third kappa shape index (κ3) is 9.34. The van der Waals surface area contributed by atoms with Crippen molar-refractivity contribution in [3.05, 3.63) is 35.9 Å². The van der Waals surface area contributed by atoms with Crippen molar-refractivity contribution >= 4 is 25.2 Å². The molecule has 3 rings (SSSR count). The predicted molar refractivity (Wildman–Crippen MR) is 151 cm³/mol. The van der Waals surface area contributed by atoms with Crippen molar-refractivity contribution in [1.29, 1.82) is 5.26 Å². The van der Waals surface area contributed by atoms with Crippen molar-refractivity contribution in [3.8, 4) is 6.07 Å². The number of piperazine rings is 1. The van der Waals surface area contributed by atoms with Crippen LogP contribution in [-0.4, -0.2) is 114 Å². The molecule has 0 bridgehead atoms. The number of likely N-dealkylation sites (tertiary alicyclic amines) is 1. The lowest BCUT2D eigenvalue weighted by Crippen LogP contribution is -2.56. The predicted octanol–water partition coefficient (Wildman–Crippen LogP) is 1.41. The molecule has 2 heterocycles. The van der Waals surface area contributed by atoms with Gasteiger partial charge in [-0.15, -0.1) is 0 Å². The molecule has 13 heteroatoms. The van der Waals surface area contributed by atoms with Gasteiger partial charge in [0.15, 0.2) is 0 Å². The van der Waals surface area contributed by atoms with E-state index in [1.807, 2.05) is 30.3 Å². The van der Waals surface area contributed by atoms with Crippen LogP contribution in [0, 0.1) is 17.2 Å². The SMILES string of the molecule is COC(=O)N1CCN(C(C)(C)CCC(C#N)C(=O)N2CCC[C@H](OC(=O)N[C@@H](Cc3ccccc3)B(O)O)C2)CC1. The van der Waals surface area contributed by atoms with E-state index in [9.17, 15) is 29.7 Å². The standard InChI is InChI=1S/C28H42BN5O7/c1-28(2,34-16-14-32(15-17-34)27(37)40-3)12-11-22(19-30)25(35)33-13-7-10-23(20-33)41-26(36)31-24(29(38)39)18-21-8-5-4-6-9-21/h4-6,8-9,22-24,38-39H,7,10-18,20H2,1-3H3,(H,31,36)/t22?,23-,24-/m0/s1. The van der Waals surface area contributed by atoms with Gasteiger partial charge in [-0.25, -0.2) is 9.59 Å². The highest BCUT2D eigenvalue weighted by molar-refractivity contribution is 6.43. The molecule has 3 N–H and O–H groups in total. The summed E-state index contributed by atoms with van der Waals surface area (Å²) in [6.45, 7) is 7.29. The zero-order valence-corrected chi connectivity index (χ0v) is 24.2. The van der Waals surface area contributed by atoms with Crippen molar-refractivity contribution in [2.75, 3.05) is 46.4 Å². The van der Waals surface area contributed by atoms with Crippen LogP contribution in [0.15, 0.2) is 30.3 Å². The maximum Gasteiger partial charge on any atom is 0.475 e. The second-order valence-corrected chi connectivity index (χ2v) is 11.3. The second-order valence-electron chi connectivity index (χ2n) is 11.3. The fraction of sp³-hybridized carbons (Fsp3) is 0.643. The third-order valence-electron chi connectivity index (χ3n) is 7.99. The Balaban J connectivity index is 1.49. The van der Waals surface area contributed by atoms with E-state index in [0.717, 1.165) is 5.56 Å². The topological polar surface area (TPSA) is 156 Å². The number of amides is 3. The van der Waals surface area contributed by atoms with Crippen molar-refractivity contribution < 1.29 is 33.9 Å². The molecule has 12 nitrogen and oxygen atoms in total. The largest absolute Gasteiger partial charge is 0.475 e. The van der Waals surface area contributed by atoms with Gasteiger partial charge >= 0.3 is 19.3 Å². The Morgan fingerprint density at radius 3 is 2.41 bits per heavy atom. The maximum atomic E-state index is 13.3. The first-order chi connectivity index (χ1) is 19.5. The minimum Gasteiger partial charge on any atom is -0.453 e. The second kappa shape index (κ2) is 15.1.